The maximum Gasteiger partial charge on any atom is 0.416 e. The van der Waals surface area contributed by atoms with Crippen LogP contribution in [-0.4, -0.2) is 46.7 Å². The average molecular weight is 684 g/mol. The summed E-state index contributed by atoms with van der Waals surface area (Å²) in [4.78, 5) is 29.3. The number of hydrogen-bond donors (Lipinski definition) is 1. The number of fused-ring (bicyclic) bond motifs is 8. The standard InChI is InChI=1S/C38H41ClF3NO5/c1-4-18-43-22-37(48-35(43)46)17-15-30-27-11-8-24(19-26(44)10-7-23(2)6-5-16-36(30,37)3)20-28(27)34(45)33-14-13-32(47-33)29-21-25(38(40,41)42)9-12-31(29)39/h6,8-9,11-14,20-21,26,30,44H,4-5,7,10,15-19,22H2,1-3H3/t26-,30-,36-,37+/m0/s1. The predicted octanol–water partition coefficient (Wildman–Crippen LogP) is 9.76. The second kappa shape index (κ2) is 13.0. The van der Waals surface area contributed by atoms with Crippen molar-refractivity contribution in [3.05, 3.63) is 93.2 Å². The molecule has 4 aliphatic rings. The van der Waals surface area contributed by atoms with Gasteiger partial charge >= 0.3 is 12.3 Å². The number of furan rings is 1. The highest BCUT2D eigenvalue weighted by atomic mass is 35.5. The third-order valence-electron chi connectivity index (χ3n) is 10.8. The van der Waals surface area contributed by atoms with Crippen LogP contribution < -0.4 is 0 Å². The molecule has 1 aromatic heterocycles. The molecule has 48 heavy (non-hydrogen) atoms. The fourth-order valence-corrected chi connectivity index (χ4v) is 8.26. The fraction of sp³-hybridized carbons (Fsp3) is 0.474. The van der Waals surface area contributed by atoms with Crippen molar-refractivity contribution in [1.29, 1.82) is 0 Å². The van der Waals surface area contributed by atoms with Crippen LogP contribution in [0.25, 0.3) is 11.3 Å². The van der Waals surface area contributed by atoms with Crippen molar-refractivity contribution in [1.82, 2.24) is 4.90 Å². The number of nitrogens with zero attached hydrogens (tertiary/aromatic N) is 1. The van der Waals surface area contributed by atoms with Gasteiger partial charge in [0.15, 0.2) is 5.76 Å². The molecule has 10 heteroatoms. The van der Waals surface area contributed by atoms with Crippen molar-refractivity contribution < 1.29 is 37.0 Å². The highest BCUT2D eigenvalue weighted by Gasteiger charge is 2.63. The highest BCUT2D eigenvalue weighted by Crippen LogP contribution is 2.61. The summed E-state index contributed by atoms with van der Waals surface area (Å²) in [6.45, 7) is 7.38. The van der Waals surface area contributed by atoms with E-state index in [1.807, 2.05) is 25.1 Å². The summed E-state index contributed by atoms with van der Waals surface area (Å²) >= 11 is 6.29. The van der Waals surface area contributed by atoms with E-state index in [-0.39, 0.29) is 34.1 Å². The predicted molar refractivity (Wildman–Crippen MR) is 177 cm³/mol. The second-order valence-electron chi connectivity index (χ2n) is 13.9. The molecule has 2 bridgehead atoms. The number of alkyl halides is 3. The molecule has 7 rings (SSSR count). The Hall–Kier alpha value is -3.56. The van der Waals surface area contributed by atoms with Crippen molar-refractivity contribution in [3.8, 4) is 11.3 Å². The van der Waals surface area contributed by atoms with Gasteiger partial charge in [0.05, 0.1) is 23.2 Å². The Morgan fingerprint density at radius 2 is 1.90 bits per heavy atom. The number of rotatable bonds is 5. The van der Waals surface area contributed by atoms with E-state index in [4.69, 9.17) is 20.8 Å². The largest absolute Gasteiger partial charge is 0.453 e. The first-order valence-electron chi connectivity index (χ1n) is 16.7. The van der Waals surface area contributed by atoms with Gasteiger partial charge in [0, 0.05) is 23.1 Å². The molecule has 3 aromatic rings. The summed E-state index contributed by atoms with van der Waals surface area (Å²) < 4.78 is 52.7. The van der Waals surface area contributed by atoms with E-state index in [0.717, 1.165) is 55.0 Å². The van der Waals surface area contributed by atoms with Gasteiger partial charge < -0.3 is 19.2 Å². The van der Waals surface area contributed by atoms with Crippen molar-refractivity contribution in [2.24, 2.45) is 5.41 Å². The number of ether oxygens (including phenoxy) is 1. The van der Waals surface area contributed by atoms with Gasteiger partial charge in [-0.3, -0.25) is 4.79 Å². The van der Waals surface area contributed by atoms with Crippen LogP contribution in [0, 0.1) is 5.41 Å². The lowest BCUT2D eigenvalue weighted by Crippen LogP contribution is -2.48. The fourth-order valence-electron chi connectivity index (χ4n) is 8.05. The van der Waals surface area contributed by atoms with Gasteiger partial charge in [-0.05, 0) is 112 Å². The summed E-state index contributed by atoms with van der Waals surface area (Å²) in [5, 5.41) is 11.0. The number of hydrogen-bond acceptors (Lipinski definition) is 5. The van der Waals surface area contributed by atoms with Crippen LogP contribution in [0.3, 0.4) is 0 Å². The van der Waals surface area contributed by atoms with Crippen LogP contribution in [0.5, 0.6) is 0 Å². The maximum atomic E-state index is 14.4. The van der Waals surface area contributed by atoms with E-state index in [1.165, 1.54) is 17.7 Å². The van der Waals surface area contributed by atoms with E-state index in [9.17, 15) is 27.9 Å². The smallest absolute Gasteiger partial charge is 0.416 e. The van der Waals surface area contributed by atoms with Gasteiger partial charge in [0.25, 0.3) is 0 Å². The van der Waals surface area contributed by atoms with Crippen molar-refractivity contribution in [2.75, 3.05) is 13.1 Å². The monoisotopic (exact) mass is 683 g/mol. The zero-order valence-electron chi connectivity index (χ0n) is 27.5. The summed E-state index contributed by atoms with van der Waals surface area (Å²) in [5.74, 6) is -0.551. The third kappa shape index (κ3) is 6.31. The first kappa shape index (κ1) is 34.3. The molecule has 256 valence electrons. The van der Waals surface area contributed by atoms with E-state index in [1.54, 1.807) is 4.90 Å². The van der Waals surface area contributed by atoms with Gasteiger partial charge in [-0.2, -0.15) is 13.2 Å². The molecule has 1 saturated carbocycles. The minimum Gasteiger partial charge on any atom is -0.453 e. The first-order chi connectivity index (χ1) is 22.7. The molecule has 1 aliphatic heterocycles. The maximum absolute atomic E-state index is 14.4. The van der Waals surface area contributed by atoms with E-state index < -0.39 is 34.6 Å². The molecule has 1 amide bonds. The van der Waals surface area contributed by atoms with Gasteiger partial charge in [-0.25, -0.2) is 4.79 Å². The Morgan fingerprint density at radius 3 is 2.65 bits per heavy atom. The number of benzene rings is 2. The van der Waals surface area contributed by atoms with Gasteiger partial charge in [0.1, 0.15) is 11.4 Å². The molecule has 0 radical (unpaired) electrons. The van der Waals surface area contributed by atoms with E-state index in [0.29, 0.717) is 44.3 Å². The lowest BCUT2D eigenvalue weighted by molar-refractivity contribution is -0.137. The zero-order valence-corrected chi connectivity index (χ0v) is 28.2. The van der Waals surface area contributed by atoms with Gasteiger partial charge in [-0.1, -0.05) is 49.2 Å². The molecule has 1 spiro atoms. The number of aliphatic hydroxyl groups is 1. The molecular weight excluding hydrogens is 643 g/mol. The molecule has 3 aliphatic carbocycles. The summed E-state index contributed by atoms with van der Waals surface area (Å²) in [5.41, 5.74) is 1.11. The zero-order chi connectivity index (χ0) is 34.4. The molecule has 6 nitrogen and oxygen atoms in total. The molecule has 4 atom stereocenters. The molecule has 2 aromatic carbocycles. The second-order valence-corrected chi connectivity index (χ2v) is 14.3. The third-order valence-corrected chi connectivity index (χ3v) is 11.1. The molecule has 2 fully saturated rings. The molecular formula is C38H41ClF3NO5. The Morgan fingerprint density at radius 1 is 1.10 bits per heavy atom. The topological polar surface area (TPSA) is 80.0 Å². The Kier molecular flexibility index (Phi) is 9.33. The number of amides is 1. The molecule has 0 unspecified atom stereocenters. The normalized spacial score (nSPS) is 26.4. The van der Waals surface area contributed by atoms with Crippen LogP contribution in [0.2, 0.25) is 5.02 Å². The SMILES string of the molecule is CCCN1C[C@@]2(CC[C@H]3c4ccc(cc4C(=O)c4ccc(-c5cc(C(F)(F)F)ccc5Cl)o4)C[C@@H](O)CCC(C)=CCC[C@@]32C)OC1=O. The number of carbonyl (C=O) groups is 2. The Labute approximate surface area is 283 Å². The van der Waals surface area contributed by atoms with E-state index >= 15 is 0 Å². The summed E-state index contributed by atoms with van der Waals surface area (Å²) in [7, 11) is 0. The first-order valence-corrected chi connectivity index (χ1v) is 17.1. The summed E-state index contributed by atoms with van der Waals surface area (Å²) in [6.07, 6.45) is 2.02. The van der Waals surface area contributed by atoms with Crippen molar-refractivity contribution >= 4 is 23.5 Å². The van der Waals surface area contributed by atoms with Crippen LogP contribution in [0.1, 0.15) is 104 Å². The number of halogens is 4. The van der Waals surface area contributed by atoms with Gasteiger partial charge in [-0.15, -0.1) is 0 Å². The van der Waals surface area contributed by atoms with Gasteiger partial charge in [0.2, 0.25) is 5.78 Å². The lowest BCUT2D eigenvalue weighted by atomic mass is 9.65. The quantitative estimate of drug-likeness (QED) is 0.214. The molecule has 2 heterocycles. The number of carbonyl (C=O) groups excluding carboxylic acids is 2. The number of allylic oxidation sites excluding steroid dienone is 2. The lowest BCUT2D eigenvalue weighted by Gasteiger charge is -2.43. The van der Waals surface area contributed by atoms with E-state index in [2.05, 4.69) is 19.9 Å². The van der Waals surface area contributed by atoms with Crippen molar-refractivity contribution in [3.63, 3.8) is 0 Å². The Balaban J connectivity index is 1.43. The minimum absolute atomic E-state index is 0.0328. The van der Waals surface area contributed by atoms with Crippen molar-refractivity contribution in [2.45, 2.75) is 95.9 Å². The average Bonchev–Trinajstić information content (AvgIpc) is 3.72. The summed E-state index contributed by atoms with van der Waals surface area (Å²) in [6, 6.07) is 11.6. The Bertz CT molecular complexity index is 1750. The van der Waals surface area contributed by atoms with Crippen LogP contribution in [0.15, 0.2) is 64.6 Å². The minimum atomic E-state index is -4.58. The number of aliphatic hydroxyl groups excluding tert-OH is 1. The number of ketones is 1. The highest BCUT2D eigenvalue weighted by molar-refractivity contribution is 6.33. The molecule has 1 N–H and O–H groups in total. The van der Waals surface area contributed by atoms with Crippen LogP contribution in [0.4, 0.5) is 18.0 Å². The molecule has 1 saturated heterocycles. The van der Waals surface area contributed by atoms with Crippen LogP contribution in [-0.2, 0) is 17.3 Å². The van der Waals surface area contributed by atoms with Crippen LogP contribution >= 0.6 is 11.6 Å².